The molecule has 1 aromatic rings. The van der Waals surface area contributed by atoms with Crippen molar-refractivity contribution in [2.24, 2.45) is 0 Å². The lowest BCUT2D eigenvalue weighted by Gasteiger charge is -2.20. The number of methoxy groups -OCH3 is 1. The van der Waals surface area contributed by atoms with Crippen LogP contribution >= 0.6 is 27.5 Å². The zero-order valence-corrected chi connectivity index (χ0v) is 14.3. The van der Waals surface area contributed by atoms with Gasteiger partial charge in [-0.15, -0.1) is 0 Å². The van der Waals surface area contributed by atoms with Crippen LogP contribution < -0.4 is 0 Å². The van der Waals surface area contributed by atoms with Gasteiger partial charge in [-0.25, -0.2) is 8.42 Å². The predicted octanol–water partition coefficient (Wildman–Crippen LogP) is 2.68. The molecule has 0 aromatic heterocycles. The Balaban J connectivity index is 2.99. The predicted molar refractivity (Wildman–Crippen MR) is 80.2 cm³/mol. The normalized spacial score (nSPS) is 11.7. The quantitative estimate of drug-likeness (QED) is 0.707. The molecule has 5 nitrogen and oxygen atoms in total. The SMILES string of the molecule is CCN(CCC(=O)OC)S(=O)(=O)c1ccc(Cl)c(Br)c1. The number of benzene rings is 1. The highest BCUT2D eigenvalue weighted by Gasteiger charge is 2.24. The summed E-state index contributed by atoms with van der Waals surface area (Å²) in [7, 11) is -2.39. The van der Waals surface area contributed by atoms with Crippen LogP contribution in [0, 0.1) is 0 Å². The van der Waals surface area contributed by atoms with Crippen molar-refractivity contribution in [1.82, 2.24) is 4.31 Å². The summed E-state index contributed by atoms with van der Waals surface area (Å²) in [5.74, 6) is -0.448. The molecule has 0 aliphatic heterocycles. The van der Waals surface area contributed by atoms with Crippen LogP contribution in [0.1, 0.15) is 13.3 Å². The van der Waals surface area contributed by atoms with Crippen molar-refractivity contribution in [1.29, 1.82) is 0 Å². The van der Waals surface area contributed by atoms with E-state index >= 15 is 0 Å². The first-order valence-electron chi connectivity index (χ1n) is 5.85. The van der Waals surface area contributed by atoms with Crippen LogP contribution in [0.2, 0.25) is 5.02 Å². The summed E-state index contributed by atoms with van der Waals surface area (Å²) < 4.78 is 31.1. The third-order valence-corrected chi connectivity index (χ3v) is 5.86. The van der Waals surface area contributed by atoms with Gasteiger partial charge in [0.1, 0.15) is 0 Å². The number of hydrogen-bond acceptors (Lipinski definition) is 4. The van der Waals surface area contributed by atoms with Crippen molar-refractivity contribution in [3.63, 3.8) is 0 Å². The molecule has 8 heteroatoms. The summed E-state index contributed by atoms with van der Waals surface area (Å²) in [6.07, 6.45) is 0.0122. The molecule has 0 aliphatic rings. The molecule has 1 aromatic carbocycles. The number of halogens is 2. The fourth-order valence-corrected chi connectivity index (χ4v) is 3.68. The van der Waals surface area contributed by atoms with Gasteiger partial charge in [0.2, 0.25) is 10.0 Å². The van der Waals surface area contributed by atoms with Crippen molar-refractivity contribution >= 4 is 43.5 Å². The van der Waals surface area contributed by atoms with E-state index in [4.69, 9.17) is 11.6 Å². The van der Waals surface area contributed by atoms with Crippen molar-refractivity contribution in [2.75, 3.05) is 20.2 Å². The fourth-order valence-electron chi connectivity index (χ4n) is 1.55. The number of esters is 1. The van der Waals surface area contributed by atoms with Gasteiger partial charge in [-0.05, 0) is 34.1 Å². The van der Waals surface area contributed by atoms with Crippen molar-refractivity contribution < 1.29 is 17.9 Å². The molecule has 0 bridgehead atoms. The molecule has 0 spiro atoms. The molecule has 0 saturated heterocycles. The second kappa shape index (κ2) is 7.40. The van der Waals surface area contributed by atoms with Gasteiger partial charge in [0.25, 0.3) is 0 Å². The molecule has 20 heavy (non-hydrogen) atoms. The van der Waals surface area contributed by atoms with E-state index < -0.39 is 16.0 Å². The first kappa shape index (κ1) is 17.4. The Morgan fingerprint density at radius 3 is 2.60 bits per heavy atom. The number of carbonyl (C=O) groups excluding carboxylic acids is 1. The first-order valence-corrected chi connectivity index (χ1v) is 8.46. The van der Waals surface area contributed by atoms with E-state index in [0.717, 1.165) is 0 Å². The summed E-state index contributed by atoms with van der Waals surface area (Å²) in [5, 5.41) is 0.432. The van der Waals surface area contributed by atoms with E-state index in [-0.39, 0.29) is 24.4 Å². The van der Waals surface area contributed by atoms with Crippen LogP contribution in [-0.4, -0.2) is 38.9 Å². The Morgan fingerprint density at radius 2 is 2.10 bits per heavy atom. The molecule has 0 saturated carbocycles. The van der Waals surface area contributed by atoms with E-state index in [0.29, 0.717) is 9.50 Å². The zero-order valence-electron chi connectivity index (χ0n) is 11.1. The van der Waals surface area contributed by atoms with Gasteiger partial charge in [-0.2, -0.15) is 4.31 Å². The Kier molecular flexibility index (Phi) is 6.44. The minimum Gasteiger partial charge on any atom is -0.469 e. The van der Waals surface area contributed by atoms with E-state index in [1.165, 1.54) is 29.6 Å². The average molecular weight is 385 g/mol. The second-order valence-corrected chi connectivity index (χ2v) is 7.10. The van der Waals surface area contributed by atoms with Gasteiger partial charge in [0, 0.05) is 17.6 Å². The molecule has 0 atom stereocenters. The van der Waals surface area contributed by atoms with Gasteiger partial charge in [0.05, 0.1) is 23.4 Å². The van der Waals surface area contributed by atoms with Crippen LogP contribution in [0.15, 0.2) is 27.6 Å². The summed E-state index contributed by atoms with van der Waals surface area (Å²) in [4.78, 5) is 11.3. The highest BCUT2D eigenvalue weighted by atomic mass is 79.9. The van der Waals surface area contributed by atoms with Gasteiger partial charge < -0.3 is 4.74 Å². The molecule has 0 fully saturated rings. The van der Waals surface area contributed by atoms with E-state index in [1.807, 2.05) is 0 Å². The summed E-state index contributed by atoms with van der Waals surface area (Å²) >= 11 is 9.04. The lowest BCUT2D eigenvalue weighted by atomic mass is 10.4. The number of ether oxygens (including phenoxy) is 1. The Morgan fingerprint density at radius 1 is 1.45 bits per heavy atom. The van der Waals surface area contributed by atoms with Gasteiger partial charge in [-0.3, -0.25) is 4.79 Å². The van der Waals surface area contributed by atoms with Crippen LogP contribution in [-0.2, 0) is 19.6 Å². The van der Waals surface area contributed by atoms with Gasteiger partial charge in [-0.1, -0.05) is 18.5 Å². The maximum Gasteiger partial charge on any atom is 0.306 e. The molecule has 112 valence electrons. The Hall–Kier alpha value is -0.630. The van der Waals surface area contributed by atoms with Gasteiger partial charge in [0.15, 0.2) is 0 Å². The average Bonchev–Trinajstić information content (AvgIpc) is 2.41. The summed E-state index contributed by atoms with van der Waals surface area (Å²) in [6.45, 7) is 2.05. The molecule has 0 unspecified atom stereocenters. The minimum absolute atomic E-state index is 0.0122. The smallest absolute Gasteiger partial charge is 0.306 e. The second-order valence-electron chi connectivity index (χ2n) is 3.90. The standard InChI is InChI=1S/C12H15BrClNO4S/c1-3-15(7-6-12(16)19-2)20(17,18)9-4-5-11(14)10(13)8-9/h4-5,8H,3,6-7H2,1-2H3. The lowest BCUT2D eigenvalue weighted by molar-refractivity contribution is -0.140. The van der Waals surface area contributed by atoms with Gasteiger partial charge >= 0.3 is 5.97 Å². The van der Waals surface area contributed by atoms with Crippen LogP contribution in [0.5, 0.6) is 0 Å². The third kappa shape index (κ3) is 4.18. The molecular weight excluding hydrogens is 370 g/mol. The molecule has 0 N–H and O–H groups in total. The topological polar surface area (TPSA) is 63.7 Å². The number of sulfonamides is 1. The molecule has 1 rings (SSSR count). The zero-order chi connectivity index (χ0) is 15.3. The fraction of sp³-hybridized carbons (Fsp3) is 0.417. The number of nitrogens with zero attached hydrogens (tertiary/aromatic N) is 1. The van der Waals surface area contributed by atoms with E-state index in [9.17, 15) is 13.2 Å². The lowest BCUT2D eigenvalue weighted by Crippen LogP contribution is -2.33. The first-order chi connectivity index (χ1) is 9.32. The molecular formula is C12H15BrClNO4S. The minimum atomic E-state index is -3.66. The Bertz CT molecular complexity index is 591. The maximum absolute atomic E-state index is 12.4. The maximum atomic E-state index is 12.4. The van der Waals surface area contributed by atoms with E-state index in [1.54, 1.807) is 6.92 Å². The highest BCUT2D eigenvalue weighted by Crippen LogP contribution is 2.27. The van der Waals surface area contributed by atoms with Crippen molar-refractivity contribution in [2.45, 2.75) is 18.2 Å². The van der Waals surface area contributed by atoms with Crippen LogP contribution in [0.4, 0.5) is 0 Å². The third-order valence-electron chi connectivity index (χ3n) is 2.67. The monoisotopic (exact) mass is 383 g/mol. The van der Waals surface area contributed by atoms with Crippen LogP contribution in [0.3, 0.4) is 0 Å². The summed E-state index contributed by atoms with van der Waals surface area (Å²) in [5.41, 5.74) is 0. The largest absolute Gasteiger partial charge is 0.469 e. The Labute approximate surface area is 132 Å². The molecule has 0 aliphatic carbocycles. The molecule has 0 radical (unpaired) electrons. The highest BCUT2D eigenvalue weighted by molar-refractivity contribution is 9.10. The number of hydrogen-bond donors (Lipinski definition) is 0. The number of rotatable bonds is 6. The molecule has 0 amide bonds. The molecule has 0 heterocycles. The number of carbonyl (C=O) groups is 1. The van der Waals surface area contributed by atoms with Crippen molar-refractivity contribution in [3.8, 4) is 0 Å². The van der Waals surface area contributed by atoms with E-state index in [2.05, 4.69) is 20.7 Å². The van der Waals surface area contributed by atoms with Crippen molar-refractivity contribution in [3.05, 3.63) is 27.7 Å². The van der Waals surface area contributed by atoms with Crippen LogP contribution in [0.25, 0.3) is 0 Å². The summed E-state index contributed by atoms with van der Waals surface area (Å²) in [6, 6.07) is 4.38.